The number of rotatable bonds is 8. The quantitative estimate of drug-likeness (QED) is 0.790. The molecule has 0 saturated heterocycles. The minimum atomic E-state index is 0.321. The molecule has 0 aliphatic heterocycles. The van der Waals surface area contributed by atoms with E-state index in [1.165, 1.54) is 5.56 Å². The fourth-order valence-electron chi connectivity index (χ4n) is 2.15. The summed E-state index contributed by atoms with van der Waals surface area (Å²) in [5.74, 6) is 0.956. The fourth-order valence-corrected chi connectivity index (χ4v) is 2.15. The highest BCUT2D eigenvalue weighted by Gasteiger charge is 2.13. The van der Waals surface area contributed by atoms with E-state index in [1.54, 1.807) is 0 Å². The maximum Gasteiger partial charge on any atom is 0.129 e. The Morgan fingerprint density at radius 3 is 2.75 bits per heavy atom. The summed E-state index contributed by atoms with van der Waals surface area (Å²) < 4.78 is 0. The molecule has 4 heteroatoms. The van der Waals surface area contributed by atoms with Gasteiger partial charge in [-0.25, -0.2) is 4.98 Å². The molecule has 110 valence electrons. The van der Waals surface area contributed by atoms with E-state index in [2.05, 4.69) is 61.1 Å². The molecule has 4 nitrogen and oxygen atoms in total. The number of nitriles is 1. The van der Waals surface area contributed by atoms with Crippen LogP contribution in [0.1, 0.15) is 52.1 Å². The second kappa shape index (κ2) is 8.55. The lowest BCUT2D eigenvalue weighted by Crippen LogP contribution is -2.32. The first-order valence-electron chi connectivity index (χ1n) is 7.43. The normalized spacial score (nSPS) is 12.2. The van der Waals surface area contributed by atoms with Gasteiger partial charge in [0.15, 0.2) is 0 Å². The lowest BCUT2D eigenvalue weighted by atomic mass is 10.1. The molecule has 0 aliphatic rings. The topological polar surface area (TPSA) is 52.0 Å². The summed E-state index contributed by atoms with van der Waals surface area (Å²) in [7, 11) is 0. The van der Waals surface area contributed by atoms with Crippen LogP contribution in [0.25, 0.3) is 0 Å². The van der Waals surface area contributed by atoms with Gasteiger partial charge in [-0.15, -0.1) is 0 Å². The molecule has 1 heterocycles. The molecule has 1 aromatic rings. The van der Waals surface area contributed by atoms with Gasteiger partial charge in [0.25, 0.3) is 0 Å². The maximum atomic E-state index is 8.78. The van der Waals surface area contributed by atoms with Crippen LogP contribution >= 0.6 is 0 Å². The van der Waals surface area contributed by atoms with Gasteiger partial charge in [0.1, 0.15) is 5.82 Å². The molecule has 1 rings (SSSR count). The molecule has 0 saturated carbocycles. The molecule has 1 N–H and O–H groups in total. The first-order chi connectivity index (χ1) is 9.60. The van der Waals surface area contributed by atoms with Gasteiger partial charge in [-0.05, 0) is 51.4 Å². The highest BCUT2D eigenvalue weighted by Crippen LogP contribution is 2.20. The first-order valence-corrected chi connectivity index (χ1v) is 7.43. The average Bonchev–Trinajstić information content (AvgIpc) is 2.45. The van der Waals surface area contributed by atoms with Crippen LogP contribution in [-0.4, -0.2) is 24.1 Å². The number of pyridine rings is 1. The van der Waals surface area contributed by atoms with Crippen LogP contribution < -0.4 is 10.2 Å². The van der Waals surface area contributed by atoms with Crippen LogP contribution in [0.2, 0.25) is 0 Å². The van der Waals surface area contributed by atoms with Crippen molar-refractivity contribution in [2.75, 3.05) is 18.0 Å². The van der Waals surface area contributed by atoms with Crippen LogP contribution in [-0.2, 0) is 0 Å². The molecular formula is C16H26N4. The van der Waals surface area contributed by atoms with Gasteiger partial charge in [0.05, 0.1) is 12.5 Å². The standard InChI is InChI=1S/C16H26N4/c1-5-9-18-14(4)15-7-10-19-16(12-15)20(13(2)3)11-6-8-17/h7,10,12-14,18H,5-6,9,11H2,1-4H3. The second-order valence-corrected chi connectivity index (χ2v) is 5.32. The summed E-state index contributed by atoms with van der Waals surface area (Å²) in [6.45, 7) is 10.3. The Balaban J connectivity index is 2.86. The second-order valence-electron chi connectivity index (χ2n) is 5.32. The van der Waals surface area contributed by atoms with Crippen molar-refractivity contribution < 1.29 is 0 Å². The number of nitrogens with zero attached hydrogens (tertiary/aromatic N) is 3. The SMILES string of the molecule is CCCNC(C)c1ccnc(N(CCC#N)C(C)C)c1. The van der Waals surface area contributed by atoms with E-state index in [9.17, 15) is 0 Å². The van der Waals surface area contributed by atoms with Crippen molar-refractivity contribution in [3.8, 4) is 6.07 Å². The van der Waals surface area contributed by atoms with E-state index in [0.717, 1.165) is 25.3 Å². The van der Waals surface area contributed by atoms with Crippen LogP contribution in [0.3, 0.4) is 0 Å². The highest BCUT2D eigenvalue weighted by molar-refractivity contribution is 5.42. The number of anilines is 1. The molecule has 0 fully saturated rings. The van der Waals surface area contributed by atoms with Gasteiger partial charge >= 0.3 is 0 Å². The summed E-state index contributed by atoms with van der Waals surface area (Å²) >= 11 is 0. The zero-order valence-electron chi connectivity index (χ0n) is 13.1. The molecule has 0 bridgehead atoms. The molecular weight excluding hydrogens is 248 g/mol. The predicted molar refractivity (Wildman–Crippen MR) is 83.7 cm³/mol. The largest absolute Gasteiger partial charge is 0.353 e. The third kappa shape index (κ3) is 4.82. The smallest absolute Gasteiger partial charge is 0.129 e. The number of hydrogen-bond acceptors (Lipinski definition) is 4. The summed E-state index contributed by atoms with van der Waals surface area (Å²) in [5.41, 5.74) is 1.24. The summed E-state index contributed by atoms with van der Waals surface area (Å²) in [4.78, 5) is 6.65. The summed E-state index contributed by atoms with van der Waals surface area (Å²) in [6, 6.07) is 7.05. The van der Waals surface area contributed by atoms with E-state index in [4.69, 9.17) is 5.26 Å². The van der Waals surface area contributed by atoms with Crippen LogP contribution in [0, 0.1) is 11.3 Å². The Hall–Kier alpha value is -1.60. The van der Waals surface area contributed by atoms with Gasteiger partial charge < -0.3 is 10.2 Å². The van der Waals surface area contributed by atoms with Crippen molar-refractivity contribution in [1.82, 2.24) is 10.3 Å². The first kappa shape index (κ1) is 16.5. The number of aromatic nitrogens is 1. The summed E-state index contributed by atoms with van der Waals surface area (Å²) in [5, 5.41) is 12.3. The highest BCUT2D eigenvalue weighted by atomic mass is 15.2. The van der Waals surface area contributed by atoms with Crippen molar-refractivity contribution >= 4 is 5.82 Å². The lowest BCUT2D eigenvalue weighted by molar-refractivity contribution is 0.569. The molecule has 20 heavy (non-hydrogen) atoms. The summed E-state index contributed by atoms with van der Waals surface area (Å²) in [6.07, 6.45) is 3.51. The zero-order chi connectivity index (χ0) is 15.0. The van der Waals surface area contributed by atoms with Crippen molar-refractivity contribution in [3.05, 3.63) is 23.9 Å². The fraction of sp³-hybridized carbons (Fsp3) is 0.625. The molecule has 0 amide bonds. The monoisotopic (exact) mass is 274 g/mol. The van der Waals surface area contributed by atoms with Crippen molar-refractivity contribution in [2.45, 2.75) is 52.6 Å². The van der Waals surface area contributed by atoms with Gasteiger partial charge in [-0.3, -0.25) is 0 Å². The maximum absolute atomic E-state index is 8.78. The van der Waals surface area contributed by atoms with Crippen LogP contribution in [0.5, 0.6) is 0 Å². The van der Waals surface area contributed by atoms with E-state index in [0.29, 0.717) is 18.5 Å². The zero-order valence-corrected chi connectivity index (χ0v) is 13.1. The molecule has 0 spiro atoms. The van der Waals surface area contributed by atoms with Crippen molar-refractivity contribution in [3.63, 3.8) is 0 Å². The van der Waals surface area contributed by atoms with Crippen molar-refractivity contribution in [2.24, 2.45) is 0 Å². The van der Waals surface area contributed by atoms with E-state index in [1.807, 2.05) is 6.20 Å². The Morgan fingerprint density at radius 1 is 1.40 bits per heavy atom. The molecule has 0 radical (unpaired) electrons. The van der Waals surface area contributed by atoms with E-state index >= 15 is 0 Å². The van der Waals surface area contributed by atoms with Gasteiger partial charge in [-0.2, -0.15) is 5.26 Å². The molecule has 1 atom stereocenters. The average molecular weight is 274 g/mol. The minimum Gasteiger partial charge on any atom is -0.353 e. The predicted octanol–water partition coefficient (Wildman–Crippen LogP) is 3.27. The number of nitrogens with one attached hydrogen (secondary N) is 1. The Morgan fingerprint density at radius 2 is 2.15 bits per heavy atom. The van der Waals surface area contributed by atoms with Gasteiger partial charge in [0.2, 0.25) is 0 Å². The van der Waals surface area contributed by atoms with Gasteiger partial charge in [-0.1, -0.05) is 6.92 Å². The molecule has 1 aromatic heterocycles. The molecule has 0 aliphatic carbocycles. The minimum absolute atomic E-state index is 0.321. The lowest BCUT2D eigenvalue weighted by Gasteiger charge is -2.27. The molecule has 0 aromatic carbocycles. The number of hydrogen-bond donors (Lipinski definition) is 1. The Labute approximate surface area is 122 Å². The third-order valence-electron chi connectivity index (χ3n) is 3.35. The van der Waals surface area contributed by atoms with Crippen molar-refractivity contribution in [1.29, 1.82) is 5.26 Å². The van der Waals surface area contributed by atoms with Crippen LogP contribution in [0.15, 0.2) is 18.3 Å². The van der Waals surface area contributed by atoms with E-state index in [-0.39, 0.29) is 0 Å². The van der Waals surface area contributed by atoms with Crippen LogP contribution in [0.4, 0.5) is 5.82 Å². The Kier molecular flexibility index (Phi) is 7.03. The molecule has 1 unspecified atom stereocenters. The Bertz CT molecular complexity index is 436. The van der Waals surface area contributed by atoms with E-state index < -0.39 is 0 Å². The third-order valence-corrected chi connectivity index (χ3v) is 3.35. The van der Waals surface area contributed by atoms with Gasteiger partial charge in [0, 0.05) is 24.8 Å².